The number of ether oxygens (including phenoxy) is 18. The molecule has 10 rings (SSSR count). The number of nitrogens with one attached hydrogen (secondary N) is 6. The fourth-order valence-corrected chi connectivity index (χ4v) is 14.2. The molecule has 0 saturated carbocycles. The molecule has 0 fully saturated rings. The molecule has 0 bridgehead atoms. The molecule has 748 valence electrons. The van der Waals surface area contributed by atoms with E-state index in [-0.39, 0.29) is 160 Å². The number of carbonyl (C=O) groups is 4. The molecule has 9 aromatic rings. The van der Waals surface area contributed by atoms with Gasteiger partial charge in [0.2, 0.25) is 53.2 Å². The van der Waals surface area contributed by atoms with Crippen LogP contribution in [-0.4, -0.2) is 302 Å². The zero-order chi connectivity index (χ0) is 96.1. The highest BCUT2D eigenvalue weighted by Gasteiger charge is 2.33. The average molecular weight is 1950 g/mol. The van der Waals surface area contributed by atoms with Gasteiger partial charge in [0.05, 0.1) is 222 Å². The summed E-state index contributed by atoms with van der Waals surface area (Å²) >= 11 is 12.3. The molecule has 5 aromatic heterocycles. The molecular weight excluding hydrogens is 1820 g/mol. The lowest BCUT2D eigenvalue weighted by Gasteiger charge is -2.35. The summed E-state index contributed by atoms with van der Waals surface area (Å²) in [6, 6.07) is 32.0. The van der Waals surface area contributed by atoms with Crippen LogP contribution in [0.1, 0.15) is 107 Å². The van der Waals surface area contributed by atoms with Gasteiger partial charge in [0, 0.05) is 69.3 Å². The molecule has 0 spiro atoms. The number of alkyl halides is 2. The monoisotopic (exact) mass is 1950 g/mol. The third kappa shape index (κ3) is 43.2. The number of aromatic amines is 2. The van der Waals surface area contributed by atoms with Crippen molar-refractivity contribution >= 4 is 99.3 Å². The molecule has 3 amide bonds. The van der Waals surface area contributed by atoms with E-state index in [2.05, 4.69) is 100 Å². The second kappa shape index (κ2) is 65.4. The van der Waals surface area contributed by atoms with E-state index >= 15 is 0 Å². The number of nitrogen functional groups attached to an aromatic ring is 3. The lowest BCUT2D eigenvalue weighted by molar-refractivity contribution is -0.123. The van der Waals surface area contributed by atoms with Gasteiger partial charge >= 0.3 is 0 Å². The van der Waals surface area contributed by atoms with Crippen LogP contribution in [0.3, 0.4) is 0 Å². The van der Waals surface area contributed by atoms with Crippen molar-refractivity contribution in [3.63, 3.8) is 0 Å². The number of halogens is 2. The van der Waals surface area contributed by atoms with E-state index in [4.69, 9.17) is 126 Å². The highest BCUT2D eigenvalue weighted by atomic mass is 35.5. The van der Waals surface area contributed by atoms with Crippen LogP contribution in [0.25, 0.3) is 22.3 Å². The van der Waals surface area contributed by atoms with Gasteiger partial charge < -0.3 is 138 Å². The van der Waals surface area contributed by atoms with Gasteiger partial charge in [-0.2, -0.15) is 24.9 Å². The van der Waals surface area contributed by atoms with Crippen molar-refractivity contribution in [2.75, 3.05) is 234 Å². The van der Waals surface area contributed by atoms with Gasteiger partial charge in [0.15, 0.2) is 11.3 Å². The van der Waals surface area contributed by atoms with Crippen molar-refractivity contribution in [1.29, 1.82) is 0 Å². The SMILES string of the molecule is Nc1nc2c(c(OCc3ccc(COCCOCCOCCOCCNC(=O)CCOCC(COCCC(=O)NCCOCCOCCOCCOCc4ccc(COc5nc(N)nc6nc[nH]c56)cc4)(COCCC(=O)NCCOCCOCCOCCOCc4ccc(COc5nc(N)nc6nc[nH]c56)cc4)NCC(C=O)CCc4ccc(C(CCCl)CCCl)cc4)cc3)n1)N=CCCC2. The Morgan fingerprint density at radius 2 is 0.745 bits per heavy atom. The minimum Gasteiger partial charge on any atom is -0.471 e. The number of nitrogens with two attached hydrogens (primary N) is 3. The van der Waals surface area contributed by atoms with Crippen LogP contribution in [0.4, 0.5) is 23.5 Å². The summed E-state index contributed by atoms with van der Waals surface area (Å²) in [4.78, 5) is 96.4. The van der Waals surface area contributed by atoms with Gasteiger partial charge in [-0.15, -0.1) is 23.2 Å². The molecule has 12 N–H and O–H groups in total. The Morgan fingerprint density at radius 3 is 1.12 bits per heavy atom. The summed E-state index contributed by atoms with van der Waals surface area (Å²) in [5.41, 5.74) is 28.0. The number of nitrogens with zero attached hydrogens (tertiary/aromatic N) is 9. The Morgan fingerprint density at radius 1 is 0.401 bits per heavy atom. The van der Waals surface area contributed by atoms with Crippen LogP contribution < -0.4 is 52.7 Å². The number of anilines is 3. The molecule has 42 heteroatoms. The van der Waals surface area contributed by atoms with Crippen LogP contribution >= 0.6 is 23.2 Å². The maximum atomic E-state index is 13.2. The topological polar surface area (TPSA) is 508 Å². The summed E-state index contributed by atoms with van der Waals surface area (Å²) in [6.45, 7) is 10.3. The van der Waals surface area contributed by atoms with Gasteiger partial charge in [-0.1, -0.05) is 97.1 Å². The van der Waals surface area contributed by atoms with E-state index in [1.165, 1.54) is 12.7 Å². The molecule has 40 nitrogen and oxygen atoms in total. The third-order valence-corrected chi connectivity index (χ3v) is 21.6. The van der Waals surface area contributed by atoms with Gasteiger partial charge in [0.25, 0.3) is 0 Å². The van der Waals surface area contributed by atoms with E-state index in [1.54, 1.807) is 0 Å². The normalized spacial score (nSPS) is 12.3. The number of hydrogen-bond donors (Lipinski definition) is 9. The lowest BCUT2D eigenvalue weighted by Crippen LogP contribution is -2.58. The van der Waals surface area contributed by atoms with Crippen LogP contribution in [0.5, 0.6) is 17.6 Å². The number of carbonyl (C=O) groups excluding carboxylic acids is 4. The van der Waals surface area contributed by atoms with Gasteiger partial charge in [-0.25, -0.2) is 15.0 Å². The Labute approximate surface area is 808 Å². The van der Waals surface area contributed by atoms with Gasteiger partial charge in [-0.05, 0) is 95.4 Å². The Hall–Kier alpha value is -10.5. The second-order valence-electron chi connectivity index (χ2n) is 31.8. The van der Waals surface area contributed by atoms with Crippen molar-refractivity contribution in [1.82, 2.24) is 71.1 Å². The molecule has 1 aliphatic rings. The number of aldehydes is 1. The fourth-order valence-electron chi connectivity index (χ4n) is 13.7. The first-order valence-electron chi connectivity index (χ1n) is 46.4. The zero-order valence-electron chi connectivity index (χ0n) is 77.8. The van der Waals surface area contributed by atoms with E-state index < -0.39 is 11.5 Å². The number of aliphatic imine (C=N–C) groups is 1. The molecule has 1 atom stereocenters. The van der Waals surface area contributed by atoms with Crippen LogP contribution in [0, 0.1) is 5.92 Å². The summed E-state index contributed by atoms with van der Waals surface area (Å²) in [6.07, 6.45) is 11.1. The Kier molecular flexibility index (Phi) is 51.8. The molecule has 137 heavy (non-hydrogen) atoms. The van der Waals surface area contributed by atoms with Crippen molar-refractivity contribution in [3.05, 3.63) is 160 Å². The number of rotatable bonds is 78. The Balaban J connectivity index is 0.604. The summed E-state index contributed by atoms with van der Waals surface area (Å²) in [7, 11) is 0. The first-order valence-corrected chi connectivity index (χ1v) is 47.5. The second-order valence-corrected chi connectivity index (χ2v) is 32.6. The van der Waals surface area contributed by atoms with Crippen LogP contribution in [-0.2, 0) is 143 Å². The minimum atomic E-state index is -1.14. The molecule has 0 radical (unpaired) electrons. The van der Waals surface area contributed by atoms with E-state index in [0.29, 0.717) is 216 Å². The molecule has 0 aliphatic carbocycles. The molecule has 6 heterocycles. The van der Waals surface area contributed by atoms with Crippen molar-refractivity contribution in [2.45, 2.75) is 115 Å². The first-order chi connectivity index (χ1) is 67.3. The number of imidazole rings is 2. The molecule has 4 aromatic carbocycles. The lowest BCUT2D eigenvalue weighted by atomic mass is 9.92. The third-order valence-electron chi connectivity index (χ3n) is 21.2. The van der Waals surface area contributed by atoms with Crippen molar-refractivity contribution in [2.24, 2.45) is 10.9 Å². The van der Waals surface area contributed by atoms with E-state index in [9.17, 15) is 19.2 Å². The van der Waals surface area contributed by atoms with E-state index in [1.807, 2.05) is 79.0 Å². The fraction of sp³-hybridized carbons (Fsp3) is 0.547. The molecule has 1 aliphatic heterocycles. The summed E-state index contributed by atoms with van der Waals surface area (Å²) in [5, 5.41) is 12.2. The smallest absolute Gasteiger partial charge is 0.245 e. The number of fused-ring (bicyclic) bond motifs is 3. The minimum absolute atomic E-state index is 0.00751. The van der Waals surface area contributed by atoms with Crippen LogP contribution in [0.2, 0.25) is 0 Å². The van der Waals surface area contributed by atoms with Crippen LogP contribution in [0.15, 0.2) is 115 Å². The largest absolute Gasteiger partial charge is 0.471 e. The quantitative estimate of drug-likeness (QED) is 0.00986. The van der Waals surface area contributed by atoms with Gasteiger partial charge in [0.1, 0.15) is 42.8 Å². The number of aryl methyl sites for hydroxylation is 2. The highest BCUT2D eigenvalue weighted by molar-refractivity contribution is 6.18. The number of aromatic nitrogens is 10. The highest BCUT2D eigenvalue weighted by Crippen LogP contribution is 2.33. The number of H-pyrrole nitrogens is 2. The predicted molar refractivity (Wildman–Crippen MR) is 512 cm³/mol. The molecule has 0 saturated heterocycles. The summed E-state index contributed by atoms with van der Waals surface area (Å²) < 4.78 is 105. The number of hydrogen-bond acceptors (Lipinski definition) is 35. The Bertz CT molecular complexity index is 4720. The average Bonchev–Trinajstić information content (AvgIpc) is 1.77. The summed E-state index contributed by atoms with van der Waals surface area (Å²) in [5.74, 6) is 1.40. The maximum absolute atomic E-state index is 13.2. The number of benzene rings is 4. The molecule has 1 unspecified atom stereocenters. The van der Waals surface area contributed by atoms with Crippen molar-refractivity contribution < 1.29 is 104 Å². The number of amides is 3. The predicted octanol–water partition coefficient (Wildman–Crippen LogP) is 8.12. The zero-order valence-corrected chi connectivity index (χ0v) is 79.4. The van der Waals surface area contributed by atoms with E-state index in [0.717, 1.165) is 88.6 Å². The maximum Gasteiger partial charge on any atom is 0.245 e. The molecular formula is C95H132Cl2N18O22. The van der Waals surface area contributed by atoms with Crippen molar-refractivity contribution in [3.8, 4) is 17.6 Å². The van der Waals surface area contributed by atoms with Gasteiger partial charge in [-0.3, -0.25) is 19.4 Å². The standard InChI is InChI=1S/C95H132Cl2N18O22/c96-27-22-79(23-28-97)78-20-18-70(19-21-78)4-17-77(58-116)57-109-95(66-133-34-25-82(118)102-31-37-121-40-43-124-46-49-127-52-55-130-60-72-7-13-75(14-8-72)63-136-90-85-87(107-68-105-85)111-93(99)114-90,67-134-35-26-83(119)103-32-38-122-41-44-125-47-50-128-53-56-131-61-73-9-15-76(16-10-73)64-137-91-86-88(108-69-106-86)112-94(100)115-91)65-132-33-24-81(117)101-30-36-120-39-42-123-45-48-126-51-54-129-59-71-5-11-74(12-6-71)62-135-89-84-80(110-92(98)113-89)3-1-2-29-104-84/h5-16,18-21,29,58,68-69,77,79,109H,1-4,17,22-28,30-57,59-67H2,(H,101,117)(H,102,118)(H,103,119)(H2,98,110,113)(H3,99,105,107,111,114)(H3,100,106,108,112,115). The first kappa shape index (κ1) is 109.